The molecule has 126 valence electrons. The quantitative estimate of drug-likeness (QED) is 0.236. The lowest BCUT2D eigenvalue weighted by Crippen LogP contribution is -2.31. The first-order valence-corrected chi connectivity index (χ1v) is 7.82. The zero-order valence-corrected chi connectivity index (χ0v) is 12.8. The molecule has 2 atom stereocenters. The molecule has 0 fully saturated rings. The van der Waals surface area contributed by atoms with Crippen molar-refractivity contribution in [1.29, 1.82) is 0 Å². The van der Waals surface area contributed by atoms with Gasteiger partial charge in [0.25, 0.3) is 0 Å². The molecule has 0 bridgehead atoms. The number of ether oxygens (including phenoxy) is 1. The maximum absolute atomic E-state index is 11.9. The molecule has 0 amide bonds. The molecule has 0 aromatic rings. The van der Waals surface area contributed by atoms with E-state index in [-0.39, 0.29) is 32.5 Å². The van der Waals surface area contributed by atoms with E-state index in [0.29, 0.717) is 0 Å². The summed E-state index contributed by atoms with van der Waals surface area (Å²) in [6.45, 7) is 6.40. The Labute approximate surface area is 129 Å². The summed E-state index contributed by atoms with van der Waals surface area (Å²) in [6, 6.07) is 0. The minimum atomic E-state index is -4.57. The monoisotopic (exact) mass is 336 g/mol. The topological polar surface area (TPSA) is 127 Å². The van der Waals surface area contributed by atoms with Crippen LogP contribution in [0.25, 0.3) is 0 Å². The summed E-state index contributed by atoms with van der Waals surface area (Å²) in [7, 11) is -4.57. The summed E-state index contributed by atoms with van der Waals surface area (Å²) in [5, 5.41) is 9.19. The Kier molecular flexibility index (Phi) is 9.31. The molecule has 0 aliphatic rings. The highest BCUT2D eigenvalue weighted by Crippen LogP contribution is 2.24. The molecule has 0 aliphatic carbocycles. The lowest BCUT2D eigenvalue weighted by Gasteiger charge is -2.21. The summed E-state index contributed by atoms with van der Waals surface area (Å²) in [4.78, 5) is 23.2. The smallest absolute Gasteiger partial charge is 0.397 e. The molecular formula is C13H20O8S. The van der Waals surface area contributed by atoms with Crippen LogP contribution in [0.1, 0.15) is 19.3 Å². The number of esters is 1. The number of rotatable bonds is 12. The van der Waals surface area contributed by atoms with Crippen molar-refractivity contribution < 1.29 is 36.6 Å². The van der Waals surface area contributed by atoms with Gasteiger partial charge in [-0.3, -0.25) is 14.1 Å². The minimum absolute atomic E-state index is 0.0241. The maximum atomic E-state index is 11.9. The van der Waals surface area contributed by atoms with Crippen LogP contribution in [0.4, 0.5) is 0 Å². The van der Waals surface area contributed by atoms with E-state index in [9.17, 15) is 23.1 Å². The van der Waals surface area contributed by atoms with Crippen LogP contribution in [-0.2, 0) is 28.9 Å². The molecular weight excluding hydrogens is 316 g/mol. The van der Waals surface area contributed by atoms with Crippen LogP contribution in [0.5, 0.6) is 0 Å². The lowest BCUT2D eigenvalue weighted by molar-refractivity contribution is -0.157. The van der Waals surface area contributed by atoms with Gasteiger partial charge in [0.2, 0.25) is 0 Å². The van der Waals surface area contributed by atoms with E-state index < -0.39 is 34.2 Å². The fourth-order valence-electron chi connectivity index (χ4n) is 1.82. The first kappa shape index (κ1) is 20.3. The molecule has 22 heavy (non-hydrogen) atoms. The van der Waals surface area contributed by atoms with Gasteiger partial charge in [-0.15, -0.1) is 6.58 Å². The van der Waals surface area contributed by atoms with Gasteiger partial charge >= 0.3 is 22.3 Å². The standard InChI is InChI=1S/C13H20O8S/c1-3-6-10(12(14)15)11(13(16)20-8-4-2)7-5-9-21-22(17,18)19/h3-4,10-11H,1-2,5-9H2,(H,14,15)(H,17,18,19). The van der Waals surface area contributed by atoms with Crippen LogP contribution in [-0.4, -0.2) is 43.2 Å². The number of carbonyl (C=O) groups is 2. The number of hydrogen-bond acceptors (Lipinski definition) is 6. The van der Waals surface area contributed by atoms with Crippen LogP contribution in [0.3, 0.4) is 0 Å². The van der Waals surface area contributed by atoms with Crippen molar-refractivity contribution in [3.8, 4) is 0 Å². The van der Waals surface area contributed by atoms with E-state index in [0.717, 1.165) is 0 Å². The fraction of sp³-hybridized carbons (Fsp3) is 0.538. The van der Waals surface area contributed by atoms with Gasteiger partial charge in [0.05, 0.1) is 18.4 Å². The molecule has 0 aliphatic heterocycles. The highest BCUT2D eigenvalue weighted by atomic mass is 32.3. The molecule has 2 N–H and O–H groups in total. The van der Waals surface area contributed by atoms with Crippen molar-refractivity contribution in [2.75, 3.05) is 13.2 Å². The number of carbonyl (C=O) groups excluding carboxylic acids is 1. The molecule has 0 rings (SSSR count). The molecule has 2 unspecified atom stereocenters. The Morgan fingerprint density at radius 1 is 1.18 bits per heavy atom. The second kappa shape index (κ2) is 10.1. The molecule has 0 spiro atoms. The van der Waals surface area contributed by atoms with E-state index in [1.807, 2.05) is 0 Å². The van der Waals surface area contributed by atoms with Crippen LogP contribution in [0.15, 0.2) is 25.3 Å². The van der Waals surface area contributed by atoms with Crippen molar-refractivity contribution in [3.63, 3.8) is 0 Å². The number of carboxylic acid groups (broad SMARTS) is 1. The van der Waals surface area contributed by atoms with Crippen LogP contribution in [0.2, 0.25) is 0 Å². The lowest BCUT2D eigenvalue weighted by atomic mass is 9.86. The summed E-state index contributed by atoms with van der Waals surface area (Å²) in [5.41, 5.74) is 0. The maximum Gasteiger partial charge on any atom is 0.397 e. The van der Waals surface area contributed by atoms with Crippen LogP contribution in [0, 0.1) is 11.8 Å². The summed E-state index contributed by atoms with van der Waals surface area (Å²) >= 11 is 0. The summed E-state index contributed by atoms with van der Waals surface area (Å²) < 4.78 is 38.3. The highest BCUT2D eigenvalue weighted by Gasteiger charge is 2.33. The zero-order chi connectivity index (χ0) is 17.2. The van der Waals surface area contributed by atoms with Crippen molar-refractivity contribution in [2.45, 2.75) is 19.3 Å². The molecule has 0 saturated heterocycles. The van der Waals surface area contributed by atoms with Gasteiger partial charge in [-0.25, -0.2) is 4.18 Å². The van der Waals surface area contributed by atoms with Gasteiger partial charge in [-0.05, 0) is 19.3 Å². The van der Waals surface area contributed by atoms with Crippen LogP contribution < -0.4 is 0 Å². The van der Waals surface area contributed by atoms with E-state index in [4.69, 9.17) is 9.29 Å². The second-order valence-electron chi connectivity index (χ2n) is 4.39. The van der Waals surface area contributed by atoms with Crippen molar-refractivity contribution in [1.82, 2.24) is 0 Å². The van der Waals surface area contributed by atoms with E-state index >= 15 is 0 Å². The Morgan fingerprint density at radius 2 is 1.82 bits per heavy atom. The third-order valence-corrected chi connectivity index (χ3v) is 3.23. The molecule has 0 radical (unpaired) electrons. The van der Waals surface area contributed by atoms with Gasteiger partial charge in [0.1, 0.15) is 6.61 Å². The zero-order valence-electron chi connectivity index (χ0n) is 12.0. The van der Waals surface area contributed by atoms with E-state index in [1.54, 1.807) is 0 Å². The average Bonchev–Trinajstić information content (AvgIpc) is 2.41. The fourth-order valence-corrected chi connectivity index (χ4v) is 2.14. The molecule has 8 nitrogen and oxygen atoms in total. The van der Waals surface area contributed by atoms with Crippen molar-refractivity contribution >= 4 is 22.3 Å². The van der Waals surface area contributed by atoms with E-state index in [2.05, 4.69) is 17.3 Å². The van der Waals surface area contributed by atoms with Gasteiger partial charge in [0.15, 0.2) is 0 Å². The first-order chi connectivity index (χ1) is 10.2. The molecule has 9 heteroatoms. The third-order valence-electron chi connectivity index (χ3n) is 2.76. The highest BCUT2D eigenvalue weighted by molar-refractivity contribution is 7.80. The molecule has 0 aromatic carbocycles. The van der Waals surface area contributed by atoms with Gasteiger partial charge in [-0.2, -0.15) is 8.42 Å². The second-order valence-corrected chi connectivity index (χ2v) is 5.48. The van der Waals surface area contributed by atoms with E-state index in [1.165, 1.54) is 12.2 Å². The summed E-state index contributed by atoms with van der Waals surface area (Å²) in [6.07, 6.45) is 2.86. The predicted octanol–water partition coefficient (Wildman–Crippen LogP) is 1.21. The normalized spacial score (nSPS) is 13.9. The SMILES string of the molecule is C=CCOC(=O)C(CCCOS(=O)(=O)O)C(CC=C)C(=O)O. The molecule has 0 heterocycles. The predicted molar refractivity (Wildman–Crippen MR) is 77.3 cm³/mol. The first-order valence-electron chi connectivity index (χ1n) is 6.46. The van der Waals surface area contributed by atoms with Gasteiger partial charge < -0.3 is 9.84 Å². The average molecular weight is 336 g/mol. The summed E-state index contributed by atoms with van der Waals surface area (Å²) in [5.74, 6) is -3.93. The number of hydrogen-bond donors (Lipinski definition) is 2. The Bertz CT molecular complexity index is 496. The Hall–Kier alpha value is -1.71. The Morgan fingerprint density at radius 3 is 2.27 bits per heavy atom. The number of allylic oxidation sites excluding steroid dienone is 1. The van der Waals surface area contributed by atoms with Gasteiger partial charge in [0, 0.05) is 0 Å². The van der Waals surface area contributed by atoms with Crippen LogP contribution >= 0.6 is 0 Å². The third kappa shape index (κ3) is 8.55. The molecule has 0 saturated carbocycles. The minimum Gasteiger partial charge on any atom is -0.481 e. The molecule has 0 aromatic heterocycles. The largest absolute Gasteiger partial charge is 0.481 e. The number of carboxylic acids is 1. The Balaban J connectivity index is 4.83. The van der Waals surface area contributed by atoms with Gasteiger partial charge in [-0.1, -0.05) is 18.7 Å². The van der Waals surface area contributed by atoms with Crippen molar-refractivity contribution in [2.24, 2.45) is 11.8 Å². The number of aliphatic carboxylic acids is 1. The van der Waals surface area contributed by atoms with Crippen molar-refractivity contribution in [3.05, 3.63) is 25.3 Å².